The summed E-state index contributed by atoms with van der Waals surface area (Å²) in [6.07, 6.45) is 14.5. The van der Waals surface area contributed by atoms with Crippen molar-refractivity contribution in [2.45, 2.75) is 191 Å². The van der Waals surface area contributed by atoms with Crippen molar-refractivity contribution in [3.63, 3.8) is 0 Å². The highest BCUT2D eigenvalue weighted by molar-refractivity contribution is 7.32. The zero-order valence-electron chi connectivity index (χ0n) is 39.3. The Morgan fingerprint density at radius 2 is 0.770 bits per heavy atom. The van der Waals surface area contributed by atoms with Crippen LogP contribution in [0.15, 0.2) is 65.3 Å². The first-order valence-corrected chi connectivity index (χ1v) is 26.1. The van der Waals surface area contributed by atoms with Gasteiger partial charge in [0.25, 0.3) is 0 Å². The molecule has 0 N–H and O–H groups in total. The smallest absolute Gasteiger partial charge is 0.387 e. The van der Waals surface area contributed by atoms with Crippen LogP contribution < -0.4 is 9.05 Å². The number of rotatable bonds is 21. The van der Waals surface area contributed by atoms with Crippen molar-refractivity contribution in [2.24, 2.45) is 0 Å². The number of unbranched alkanes of at least 4 members (excludes halogenated alkanes) is 3. The normalized spacial score (nSPS) is 13.7. The molecule has 0 saturated carbocycles. The number of hydrogen-bond donors (Lipinski definition) is 0. The van der Waals surface area contributed by atoms with Crippen LogP contribution in [-0.4, -0.2) is 12.2 Å². The van der Waals surface area contributed by atoms with Crippen LogP contribution in [0.25, 0.3) is 43.9 Å². The van der Waals surface area contributed by atoms with E-state index in [0.29, 0.717) is 12.3 Å². The average molecular weight is 869 g/mol. The van der Waals surface area contributed by atoms with Gasteiger partial charge < -0.3 is 16.8 Å². The van der Waals surface area contributed by atoms with Crippen molar-refractivity contribution in [3.8, 4) is 0 Å². The van der Waals surface area contributed by atoms with E-state index >= 15 is 0 Å². The highest BCUT2D eigenvalue weighted by Gasteiger charge is 2.22. The summed E-state index contributed by atoms with van der Waals surface area (Å²) in [5.41, 5.74) is 13.9. The second kappa shape index (κ2) is 22.3. The number of aryl methyl sites for hydroxylation is 7. The molecule has 61 heavy (non-hydrogen) atoms. The fraction of sp³-hybridized carbons (Fsp3) is 0.547. The van der Waals surface area contributed by atoms with E-state index in [9.17, 15) is 0 Å². The van der Waals surface area contributed by atoms with Crippen LogP contribution in [0, 0.1) is 0 Å². The van der Waals surface area contributed by atoms with Gasteiger partial charge in [0.05, 0.1) is 12.2 Å². The van der Waals surface area contributed by atoms with Crippen molar-refractivity contribution in [3.05, 3.63) is 93.0 Å². The third-order valence-corrected chi connectivity index (χ3v) is 14.9. The quantitative estimate of drug-likeness (QED) is 0.0718. The monoisotopic (exact) mass is 868 g/mol. The number of benzene rings is 4. The Balaban J connectivity index is 1.44. The molecule has 0 aliphatic carbocycles. The summed E-state index contributed by atoms with van der Waals surface area (Å²) in [4.78, 5) is 0. The third-order valence-electron chi connectivity index (χ3n) is 12.5. The standard InChI is InChI=1S/C53H74O6P2/c1-12-20-23-42-27-38(16-5)31-46-47-32-39(17-6)28-43(24-21-13-2)51(47)57-60(56-50(42)46)54-36(10)26-37(11)55-61-58-52-44(25-22-14-3)29-40(18-7)33-48(52)49-34-41(19-8)30-45(35(9)15-4)53(49)59-61/h27-37H,12-26H2,1-11H3/t35?,36-,37-,61?/m1/s1. The van der Waals surface area contributed by atoms with Crippen LogP contribution >= 0.6 is 16.5 Å². The Hall–Kier alpha value is -3.40. The van der Waals surface area contributed by atoms with Gasteiger partial charge >= 0.3 is 16.5 Å². The van der Waals surface area contributed by atoms with E-state index < -0.39 is 16.5 Å². The minimum absolute atomic E-state index is 0.231. The molecule has 0 amide bonds. The minimum atomic E-state index is -1.78. The molecule has 332 valence electrons. The average Bonchev–Trinajstić information content (AvgIpc) is 3.52. The molecular weight excluding hydrogens is 795 g/mol. The second-order valence-corrected chi connectivity index (χ2v) is 19.4. The Kier molecular flexibility index (Phi) is 17.2. The van der Waals surface area contributed by atoms with Crippen molar-refractivity contribution < 1.29 is 25.8 Å². The van der Waals surface area contributed by atoms with Crippen molar-refractivity contribution >= 4 is 60.4 Å². The molecule has 6 nitrogen and oxygen atoms in total. The first-order chi connectivity index (χ1) is 29.6. The van der Waals surface area contributed by atoms with E-state index in [1.807, 2.05) is 0 Å². The van der Waals surface area contributed by atoms with Gasteiger partial charge in [0.2, 0.25) is 0 Å². The molecule has 0 spiro atoms. The molecule has 0 saturated heterocycles. The van der Waals surface area contributed by atoms with Gasteiger partial charge in [-0.25, -0.2) is 0 Å². The van der Waals surface area contributed by atoms with Gasteiger partial charge in [-0.05, 0) is 159 Å². The van der Waals surface area contributed by atoms with Crippen LogP contribution in [0.3, 0.4) is 0 Å². The molecule has 0 bridgehead atoms. The van der Waals surface area contributed by atoms with Gasteiger partial charge in [-0.1, -0.05) is 106 Å². The van der Waals surface area contributed by atoms with Crippen molar-refractivity contribution in [2.75, 3.05) is 0 Å². The van der Waals surface area contributed by atoms with Gasteiger partial charge in [-0.15, -0.1) is 0 Å². The van der Waals surface area contributed by atoms with E-state index in [4.69, 9.17) is 25.8 Å². The molecule has 6 aromatic rings. The SMILES string of the molecule is CCCCc1cc(CC)cc2c1op(O[C@H](C)C[C@@H](C)Op1oc3c(CCCC)cc(CC)cc3c3cc(CC)cc(C(C)CC)c3o1)oc1c(CCCC)cc(CC)cc12. The Morgan fingerprint density at radius 1 is 0.443 bits per heavy atom. The van der Waals surface area contributed by atoms with Gasteiger partial charge in [0.15, 0.2) is 0 Å². The summed E-state index contributed by atoms with van der Waals surface area (Å²) in [6, 6.07) is 18.7. The molecule has 2 unspecified atom stereocenters. The van der Waals surface area contributed by atoms with Crippen LogP contribution in [0.2, 0.25) is 0 Å². The maximum absolute atomic E-state index is 6.99. The van der Waals surface area contributed by atoms with Gasteiger partial charge in [-0.2, -0.15) is 0 Å². The maximum atomic E-state index is 6.99. The fourth-order valence-corrected chi connectivity index (χ4v) is 11.0. The maximum Gasteiger partial charge on any atom is 0.387 e. The largest absolute Gasteiger partial charge is 0.399 e. The predicted octanol–water partition coefficient (Wildman–Crippen LogP) is 17.4. The fourth-order valence-electron chi connectivity index (χ4n) is 8.53. The van der Waals surface area contributed by atoms with E-state index in [-0.39, 0.29) is 12.2 Å². The molecule has 0 aliphatic rings. The highest BCUT2D eigenvalue weighted by Crippen LogP contribution is 2.43. The van der Waals surface area contributed by atoms with Gasteiger partial charge in [0, 0.05) is 28.0 Å². The van der Waals surface area contributed by atoms with Crippen LogP contribution in [0.5, 0.6) is 0 Å². The molecule has 4 atom stereocenters. The van der Waals surface area contributed by atoms with Crippen molar-refractivity contribution in [1.29, 1.82) is 0 Å². The highest BCUT2D eigenvalue weighted by atomic mass is 31.1. The van der Waals surface area contributed by atoms with E-state index in [2.05, 4.69) is 125 Å². The van der Waals surface area contributed by atoms with Crippen LogP contribution in [-0.2, 0) is 44.9 Å². The Labute approximate surface area is 368 Å². The molecule has 0 radical (unpaired) electrons. The zero-order chi connectivity index (χ0) is 43.6. The predicted molar refractivity (Wildman–Crippen MR) is 261 cm³/mol. The zero-order valence-corrected chi connectivity index (χ0v) is 41.1. The summed E-state index contributed by atoms with van der Waals surface area (Å²) in [7, 11) is -3.55. The molecule has 4 aromatic carbocycles. The minimum Gasteiger partial charge on any atom is -0.399 e. The molecular formula is C53H74O6P2. The molecule has 2 heterocycles. The van der Waals surface area contributed by atoms with Crippen LogP contribution in [0.4, 0.5) is 0 Å². The summed E-state index contributed by atoms with van der Waals surface area (Å²) in [5.74, 6) is 0.322. The first-order valence-electron chi connectivity index (χ1n) is 23.9. The lowest BCUT2D eigenvalue weighted by atomic mass is 9.92. The lowest BCUT2D eigenvalue weighted by Crippen LogP contribution is -2.21. The second-order valence-electron chi connectivity index (χ2n) is 17.4. The lowest BCUT2D eigenvalue weighted by molar-refractivity contribution is 0.184. The number of hydrogen-bond acceptors (Lipinski definition) is 6. The number of fused-ring (bicyclic) bond motifs is 6. The summed E-state index contributed by atoms with van der Waals surface area (Å²) in [6.45, 7) is 24.5. The van der Waals surface area contributed by atoms with Crippen molar-refractivity contribution in [1.82, 2.24) is 0 Å². The molecule has 6 rings (SSSR count). The first kappa shape index (κ1) is 47.1. The summed E-state index contributed by atoms with van der Waals surface area (Å²) < 4.78 is 41.6. The molecule has 0 aliphatic heterocycles. The van der Waals surface area contributed by atoms with Crippen LogP contribution in [0.1, 0.15) is 178 Å². The third kappa shape index (κ3) is 11.2. The van der Waals surface area contributed by atoms with E-state index in [0.717, 1.165) is 134 Å². The summed E-state index contributed by atoms with van der Waals surface area (Å²) >= 11 is 0. The van der Waals surface area contributed by atoms with Gasteiger partial charge in [0.1, 0.15) is 22.3 Å². The Morgan fingerprint density at radius 3 is 1.10 bits per heavy atom. The van der Waals surface area contributed by atoms with Gasteiger partial charge in [-0.3, -0.25) is 9.05 Å². The molecule has 2 aromatic heterocycles. The summed E-state index contributed by atoms with van der Waals surface area (Å²) in [5, 5.41) is 4.50. The van der Waals surface area contributed by atoms with E-state index in [1.165, 1.54) is 44.5 Å². The molecule has 8 heteroatoms. The lowest BCUT2D eigenvalue weighted by Gasteiger charge is -2.16. The molecule has 0 fully saturated rings. The van der Waals surface area contributed by atoms with E-state index in [1.54, 1.807) is 0 Å². The Bertz CT molecular complexity index is 2400. The topological polar surface area (TPSA) is 71.0 Å².